The molecule has 0 saturated carbocycles. The highest BCUT2D eigenvalue weighted by Gasteiger charge is 2.51. The SMILES string of the molecule is O=C(c1ccc(F)cc1)N1CC2(C[C@H](Oc3ncccc3F)CS2)C1. The number of carbonyl (C=O) groups excluding carboxylic acids is 1. The third kappa shape index (κ3) is 3.20. The number of thioether (sulfide) groups is 1. The van der Waals surface area contributed by atoms with Crippen LogP contribution in [0.15, 0.2) is 42.6 Å². The van der Waals surface area contributed by atoms with Gasteiger partial charge < -0.3 is 9.64 Å². The number of hydrogen-bond donors (Lipinski definition) is 0. The summed E-state index contributed by atoms with van der Waals surface area (Å²) >= 11 is 1.75. The molecule has 25 heavy (non-hydrogen) atoms. The molecule has 0 radical (unpaired) electrons. The summed E-state index contributed by atoms with van der Waals surface area (Å²) in [5.74, 6) is -0.135. The third-order valence-electron chi connectivity index (χ3n) is 4.51. The first-order valence-corrected chi connectivity index (χ1v) is 8.99. The number of hydrogen-bond acceptors (Lipinski definition) is 4. The van der Waals surface area contributed by atoms with E-state index in [9.17, 15) is 13.6 Å². The number of benzene rings is 1. The molecule has 0 unspecified atom stereocenters. The summed E-state index contributed by atoms with van der Waals surface area (Å²) in [4.78, 5) is 18.1. The Hall–Kier alpha value is -2.15. The first-order chi connectivity index (χ1) is 12.0. The molecule has 2 fully saturated rings. The quantitative estimate of drug-likeness (QED) is 0.841. The van der Waals surface area contributed by atoms with Crippen LogP contribution in [0.3, 0.4) is 0 Å². The van der Waals surface area contributed by atoms with Crippen LogP contribution in [0.4, 0.5) is 8.78 Å². The molecule has 7 heteroatoms. The maximum absolute atomic E-state index is 13.6. The zero-order valence-electron chi connectivity index (χ0n) is 13.3. The molecular weight excluding hydrogens is 346 g/mol. The Morgan fingerprint density at radius 1 is 1.24 bits per heavy atom. The smallest absolute Gasteiger partial charge is 0.253 e. The minimum absolute atomic E-state index is 0.0312. The van der Waals surface area contributed by atoms with Crippen LogP contribution in [0.2, 0.25) is 0 Å². The number of nitrogens with zero attached hydrogens (tertiary/aromatic N) is 2. The molecule has 4 nitrogen and oxygen atoms in total. The fraction of sp³-hybridized carbons (Fsp3) is 0.333. The van der Waals surface area contributed by atoms with Crippen LogP contribution in [-0.2, 0) is 0 Å². The van der Waals surface area contributed by atoms with E-state index in [1.807, 2.05) is 0 Å². The number of aromatic nitrogens is 1. The van der Waals surface area contributed by atoms with Crippen LogP contribution in [0, 0.1) is 11.6 Å². The topological polar surface area (TPSA) is 42.4 Å². The maximum atomic E-state index is 13.6. The Morgan fingerprint density at radius 3 is 2.72 bits per heavy atom. The normalized spacial score (nSPS) is 21.2. The van der Waals surface area contributed by atoms with Gasteiger partial charge in [-0.05, 0) is 36.4 Å². The molecule has 2 aliphatic rings. The lowest BCUT2D eigenvalue weighted by Crippen LogP contribution is -2.60. The molecule has 1 spiro atoms. The molecule has 1 aromatic heterocycles. The summed E-state index contributed by atoms with van der Waals surface area (Å²) in [5.41, 5.74) is 0.489. The number of rotatable bonds is 3. The third-order valence-corrected chi connectivity index (χ3v) is 6.09. The van der Waals surface area contributed by atoms with E-state index in [4.69, 9.17) is 4.74 Å². The molecule has 0 bridgehead atoms. The van der Waals surface area contributed by atoms with Gasteiger partial charge in [-0.3, -0.25) is 4.79 Å². The number of pyridine rings is 1. The average Bonchev–Trinajstić information content (AvgIpc) is 3.00. The van der Waals surface area contributed by atoms with Gasteiger partial charge >= 0.3 is 0 Å². The summed E-state index contributed by atoms with van der Waals surface area (Å²) in [6.45, 7) is 1.25. The molecule has 130 valence electrons. The standard InChI is InChI=1S/C18H16F2N2O2S/c19-13-5-3-12(4-6-13)17(23)22-10-18(11-22)8-14(9-25-18)24-16-15(20)2-1-7-21-16/h1-7,14H,8-11H2/t14-/m0/s1. The zero-order chi connectivity index (χ0) is 17.4. The van der Waals surface area contributed by atoms with Gasteiger partial charge in [0.1, 0.15) is 11.9 Å². The maximum Gasteiger partial charge on any atom is 0.253 e. The summed E-state index contributed by atoms with van der Waals surface area (Å²) in [5, 5.41) is 0. The van der Waals surface area contributed by atoms with Crippen molar-refractivity contribution in [1.82, 2.24) is 9.88 Å². The van der Waals surface area contributed by atoms with Crippen molar-refractivity contribution in [3.63, 3.8) is 0 Å². The van der Waals surface area contributed by atoms with Crippen molar-refractivity contribution in [2.75, 3.05) is 18.8 Å². The van der Waals surface area contributed by atoms with Crippen LogP contribution < -0.4 is 4.74 Å². The molecule has 2 aromatic rings. The van der Waals surface area contributed by atoms with Gasteiger partial charge in [-0.15, -0.1) is 11.8 Å². The van der Waals surface area contributed by atoms with Crippen molar-refractivity contribution in [3.05, 3.63) is 59.8 Å². The van der Waals surface area contributed by atoms with Gasteiger partial charge in [0.2, 0.25) is 0 Å². The van der Waals surface area contributed by atoms with E-state index in [1.54, 1.807) is 16.7 Å². The van der Waals surface area contributed by atoms with Gasteiger partial charge in [0.05, 0.1) is 4.75 Å². The summed E-state index contributed by atoms with van der Waals surface area (Å²) in [6, 6.07) is 8.43. The molecule has 0 aliphatic carbocycles. The first-order valence-electron chi connectivity index (χ1n) is 8.01. The van der Waals surface area contributed by atoms with Crippen LogP contribution >= 0.6 is 11.8 Å². The van der Waals surface area contributed by atoms with E-state index in [0.717, 1.165) is 12.2 Å². The second kappa shape index (κ2) is 6.29. The van der Waals surface area contributed by atoms with Crippen LogP contribution in [0.25, 0.3) is 0 Å². The second-order valence-corrected chi connectivity index (χ2v) is 7.88. The van der Waals surface area contributed by atoms with Crippen LogP contribution in [0.1, 0.15) is 16.8 Å². The predicted octanol–water partition coefficient (Wildman–Crippen LogP) is 3.14. The van der Waals surface area contributed by atoms with Crippen molar-refractivity contribution in [2.45, 2.75) is 17.3 Å². The van der Waals surface area contributed by atoms with Gasteiger partial charge in [-0.2, -0.15) is 0 Å². The highest BCUT2D eigenvalue weighted by atomic mass is 32.2. The molecule has 1 atom stereocenters. The summed E-state index contributed by atoms with van der Waals surface area (Å²) in [6.07, 6.45) is 2.14. The first kappa shape index (κ1) is 16.3. The largest absolute Gasteiger partial charge is 0.471 e. The molecule has 2 aliphatic heterocycles. The monoisotopic (exact) mass is 362 g/mol. The summed E-state index contributed by atoms with van der Waals surface area (Å²) < 4.78 is 32.2. The molecule has 1 aromatic carbocycles. The molecule has 2 saturated heterocycles. The second-order valence-electron chi connectivity index (χ2n) is 6.40. The number of carbonyl (C=O) groups is 1. The van der Waals surface area contributed by atoms with Crippen LogP contribution in [0.5, 0.6) is 5.88 Å². The van der Waals surface area contributed by atoms with E-state index in [2.05, 4.69) is 4.98 Å². The summed E-state index contributed by atoms with van der Waals surface area (Å²) in [7, 11) is 0. The van der Waals surface area contributed by atoms with Crippen molar-refractivity contribution >= 4 is 17.7 Å². The lowest BCUT2D eigenvalue weighted by Gasteiger charge is -2.47. The highest BCUT2D eigenvalue weighted by Crippen LogP contribution is 2.46. The number of likely N-dealkylation sites (tertiary alicyclic amines) is 1. The molecule has 4 rings (SSSR count). The van der Waals surface area contributed by atoms with Crippen molar-refractivity contribution in [2.24, 2.45) is 0 Å². The molecule has 0 N–H and O–H groups in total. The Bertz CT molecular complexity index is 794. The van der Waals surface area contributed by atoms with Crippen molar-refractivity contribution in [1.29, 1.82) is 0 Å². The van der Waals surface area contributed by atoms with Crippen molar-refractivity contribution in [3.8, 4) is 5.88 Å². The van der Waals surface area contributed by atoms with Gasteiger partial charge in [0, 0.05) is 37.0 Å². The molecule has 1 amide bonds. The molecular formula is C18H16F2N2O2S. The lowest BCUT2D eigenvalue weighted by atomic mass is 9.92. The zero-order valence-corrected chi connectivity index (χ0v) is 14.1. The number of amides is 1. The van der Waals surface area contributed by atoms with E-state index in [0.29, 0.717) is 18.7 Å². The Balaban J connectivity index is 1.35. The Labute approximate surface area is 148 Å². The number of halogens is 2. The highest BCUT2D eigenvalue weighted by molar-refractivity contribution is 8.01. The van der Waals surface area contributed by atoms with E-state index >= 15 is 0 Å². The predicted molar refractivity (Wildman–Crippen MR) is 90.7 cm³/mol. The Morgan fingerprint density at radius 2 is 2.00 bits per heavy atom. The average molecular weight is 362 g/mol. The van der Waals surface area contributed by atoms with E-state index < -0.39 is 5.82 Å². The van der Waals surface area contributed by atoms with E-state index in [-0.39, 0.29) is 28.5 Å². The fourth-order valence-corrected chi connectivity index (χ4v) is 4.81. The van der Waals surface area contributed by atoms with Gasteiger partial charge in [-0.1, -0.05) is 0 Å². The molecule has 3 heterocycles. The van der Waals surface area contributed by atoms with Crippen molar-refractivity contribution < 1.29 is 18.3 Å². The van der Waals surface area contributed by atoms with E-state index in [1.165, 1.54) is 42.6 Å². The number of ether oxygens (including phenoxy) is 1. The fourth-order valence-electron chi connectivity index (χ4n) is 3.28. The van der Waals surface area contributed by atoms with Gasteiger partial charge in [0.25, 0.3) is 11.8 Å². The van der Waals surface area contributed by atoms with Gasteiger partial charge in [0.15, 0.2) is 5.82 Å². The van der Waals surface area contributed by atoms with Crippen LogP contribution in [-0.4, -0.2) is 45.5 Å². The lowest BCUT2D eigenvalue weighted by molar-refractivity contribution is 0.0514. The minimum atomic E-state index is -0.463. The van der Waals surface area contributed by atoms with Gasteiger partial charge in [-0.25, -0.2) is 13.8 Å². The Kier molecular flexibility index (Phi) is 4.11. The minimum Gasteiger partial charge on any atom is -0.471 e.